The molecule has 33 heavy (non-hydrogen) atoms. The molecule has 0 spiro atoms. The van der Waals surface area contributed by atoms with Crippen LogP contribution in [0.4, 0.5) is 21.8 Å². The summed E-state index contributed by atoms with van der Waals surface area (Å²) in [7, 11) is 0. The molecule has 0 saturated carbocycles. The number of rotatable bonds is 5. The van der Waals surface area contributed by atoms with Crippen molar-refractivity contribution >= 4 is 29.1 Å². The summed E-state index contributed by atoms with van der Waals surface area (Å²) in [5, 5.41) is 3.18. The summed E-state index contributed by atoms with van der Waals surface area (Å²) >= 11 is 5.93. The van der Waals surface area contributed by atoms with Gasteiger partial charge in [-0.15, -0.1) is 0 Å². The second-order valence-electron chi connectivity index (χ2n) is 8.18. The topological polar surface area (TPSA) is 79.3 Å². The third-order valence-corrected chi connectivity index (χ3v) is 6.43. The molecule has 0 amide bonds. The Morgan fingerprint density at radius 2 is 1.79 bits per heavy atom. The lowest BCUT2D eigenvalue weighted by Gasteiger charge is -2.40. The Hall–Kier alpha value is -2.88. The van der Waals surface area contributed by atoms with Crippen molar-refractivity contribution in [2.75, 3.05) is 49.6 Å². The van der Waals surface area contributed by atoms with Crippen molar-refractivity contribution in [2.45, 2.75) is 18.9 Å². The van der Waals surface area contributed by atoms with Crippen LogP contribution in [0.5, 0.6) is 0 Å². The second-order valence-corrected chi connectivity index (χ2v) is 8.59. The van der Waals surface area contributed by atoms with Crippen LogP contribution in [-0.2, 0) is 4.74 Å². The minimum Gasteiger partial charge on any atom is -0.379 e. The largest absolute Gasteiger partial charge is 0.379 e. The minimum atomic E-state index is -0.466. The van der Waals surface area contributed by atoms with Crippen LogP contribution in [0.15, 0.2) is 43.1 Å². The molecule has 8 nitrogen and oxygen atoms in total. The van der Waals surface area contributed by atoms with E-state index in [0.29, 0.717) is 17.7 Å². The van der Waals surface area contributed by atoms with Gasteiger partial charge in [-0.3, -0.25) is 4.90 Å². The Labute approximate surface area is 196 Å². The van der Waals surface area contributed by atoms with Crippen LogP contribution in [0.2, 0.25) is 5.02 Å². The smallest absolute Gasteiger partial charge is 0.229 e. The van der Waals surface area contributed by atoms with Crippen LogP contribution in [0.3, 0.4) is 0 Å². The van der Waals surface area contributed by atoms with E-state index in [4.69, 9.17) is 21.3 Å². The van der Waals surface area contributed by atoms with E-state index in [1.807, 2.05) is 0 Å². The summed E-state index contributed by atoms with van der Waals surface area (Å²) in [6.45, 7) is 5.40. The van der Waals surface area contributed by atoms with E-state index in [1.165, 1.54) is 18.5 Å². The first-order chi connectivity index (χ1) is 16.2. The molecule has 2 aliphatic heterocycles. The van der Waals surface area contributed by atoms with E-state index >= 15 is 0 Å². The molecular formula is C23H25ClFN7O. The Kier molecular flexibility index (Phi) is 6.61. The second kappa shape index (κ2) is 9.94. The molecule has 2 aliphatic rings. The molecule has 0 unspecified atom stereocenters. The van der Waals surface area contributed by atoms with Gasteiger partial charge in [0.05, 0.1) is 18.2 Å². The zero-order chi connectivity index (χ0) is 22.6. The molecular weight excluding hydrogens is 445 g/mol. The highest BCUT2D eigenvalue weighted by atomic mass is 35.5. The molecule has 2 aromatic heterocycles. The van der Waals surface area contributed by atoms with Gasteiger partial charge in [-0.2, -0.15) is 4.98 Å². The lowest BCUT2D eigenvalue weighted by molar-refractivity contribution is 0.0115. The van der Waals surface area contributed by atoms with Crippen LogP contribution in [0, 0.1) is 5.82 Å². The lowest BCUT2D eigenvalue weighted by Crippen LogP contribution is -2.49. The molecule has 2 saturated heterocycles. The zero-order valence-electron chi connectivity index (χ0n) is 18.1. The fourth-order valence-electron chi connectivity index (χ4n) is 4.40. The van der Waals surface area contributed by atoms with Gasteiger partial charge in [0.15, 0.2) is 0 Å². The predicted molar refractivity (Wildman–Crippen MR) is 125 cm³/mol. The van der Waals surface area contributed by atoms with E-state index < -0.39 is 5.82 Å². The molecule has 0 radical (unpaired) electrons. The van der Waals surface area contributed by atoms with Gasteiger partial charge >= 0.3 is 0 Å². The molecule has 0 atom stereocenters. The number of anilines is 3. The Balaban J connectivity index is 1.40. The van der Waals surface area contributed by atoms with Gasteiger partial charge in [0.2, 0.25) is 5.95 Å². The number of piperidine rings is 1. The van der Waals surface area contributed by atoms with Crippen molar-refractivity contribution in [3.05, 3.63) is 54.0 Å². The summed E-state index contributed by atoms with van der Waals surface area (Å²) < 4.78 is 19.0. The fraction of sp³-hybridized carbons (Fsp3) is 0.391. The highest BCUT2D eigenvalue weighted by Gasteiger charge is 2.28. The first-order valence-corrected chi connectivity index (χ1v) is 11.5. The molecule has 10 heteroatoms. The third-order valence-electron chi connectivity index (χ3n) is 6.14. The molecule has 172 valence electrons. The summed E-state index contributed by atoms with van der Waals surface area (Å²) in [5.74, 6) is 0.783. The predicted octanol–water partition coefficient (Wildman–Crippen LogP) is 3.77. The Morgan fingerprint density at radius 3 is 2.52 bits per heavy atom. The average molecular weight is 470 g/mol. The number of ether oxygens (including phenoxy) is 1. The van der Waals surface area contributed by atoms with Crippen molar-refractivity contribution < 1.29 is 9.13 Å². The summed E-state index contributed by atoms with van der Waals surface area (Å²) in [6.07, 6.45) is 8.94. The van der Waals surface area contributed by atoms with Crippen molar-refractivity contribution in [1.82, 2.24) is 24.8 Å². The summed E-state index contributed by atoms with van der Waals surface area (Å²) in [6, 6.07) is 5.01. The lowest BCUT2D eigenvalue weighted by atomic mass is 10.0. The highest BCUT2D eigenvalue weighted by Crippen LogP contribution is 2.32. The van der Waals surface area contributed by atoms with Crippen molar-refractivity contribution in [3.8, 4) is 11.1 Å². The van der Waals surface area contributed by atoms with Gasteiger partial charge in [0.25, 0.3) is 0 Å². The minimum absolute atomic E-state index is 0.0449. The van der Waals surface area contributed by atoms with Crippen molar-refractivity contribution in [3.63, 3.8) is 0 Å². The molecule has 0 aliphatic carbocycles. The van der Waals surface area contributed by atoms with Gasteiger partial charge in [0.1, 0.15) is 18.0 Å². The van der Waals surface area contributed by atoms with Gasteiger partial charge < -0.3 is 15.0 Å². The number of benzene rings is 1. The Bertz CT molecular complexity index is 1090. The normalized spacial score (nSPS) is 17.8. The number of hydrogen-bond acceptors (Lipinski definition) is 8. The maximum absolute atomic E-state index is 13.5. The SMILES string of the molecule is Fc1ccc(Nc2ncc(-c3cncnc3)c(N3CCC(N4CCOCC4)CC3)n2)cc1Cl. The van der Waals surface area contributed by atoms with Crippen LogP contribution < -0.4 is 10.2 Å². The van der Waals surface area contributed by atoms with E-state index in [1.54, 1.807) is 24.7 Å². The van der Waals surface area contributed by atoms with Gasteiger partial charge in [-0.25, -0.2) is 19.3 Å². The van der Waals surface area contributed by atoms with Crippen LogP contribution in [-0.4, -0.2) is 70.3 Å². The molecule has 3 aromatic rings. The Morgan fingerprint density at radius 1 is 1.03 bits per heavy atom. The van der Waals surface area contributed by atoms with Crippen LogP contribution >= 0.6 is 11.6 Å². The first-order valence-electron chi connectivity index (χ1n) is 11.1. The molecule has 0 bridgehead atoms. The number of aromatic nitrogens is 4. The summed E-state index contributed by atoms with van der Waals surface area (Å²) in [5.41, 5.74) is 2.36. The zero-order valence-corrected chi connectivity index (χ0v) is 18.9. The standard InChI is InChI=1S/C23H25ClFN7O/c24-20-11-17(1-2-21(20)25)29-23-28-14-19(16-12-26-15-27-13-16)22(30-23)32-5-3-18(4-6-32)31-7-9-33-10-8-31/h1-2,11-15,18H,3-10H2,(H,28,29,30). The quantitative estimate of drug-likeness (QED) is 0.605. The van der Waals surface area contributed by atoms with Crippen LogP contribution in [0.25, 0.3) is 11.1 Å². The molecule has 4 heterocycles. The van der Waals surface area contributed by atoms with E-state index in [0.717, 1.165) is 69.2 Å². The van der Waals surface area contributed by atoms with Gasteiger partial charge in [-0.1, -0.05) is 11.6 Å². The molecule has 5 rings (SSSR count). The monoisotopic (exact) mass is 469 g/mol. The maximum Gasteiger partial charge on any atom is 0.229 e. The third kappa shape index (κ3) is 5.05. The van der Waals surface area contributed by atoms with Gasteiger partial charge in [-0.05, 0) is 31.0 Å². The van der Waals surface area contributed by atoms with Gasteiger partial charge in [0, 0.05) is 67.6 Å². The number of nitrogens with zero attached hydrogens (tertiary/aromatic N) is 6. The average Bonchev–Trinajstić information content (AvgIpc) is 2.87. The maximum atomic E-state index is 13.5. The first kappa shape index (κ1) is 21.9. The molecule has 1 N–H and O–H groups in total. The molecule has 1 aromatic carbocycles. The fourth-order valence-corrected chi connectivity index (χ4v) is 4.58. The number of halogens is 2. The molecule has 2 fully saturated rings. The number of hydrogen-bond donors (Lipinski definition) is 1. The summed E-state index contributed by atoms with van der Waals surface area (Å²) in [4.78, 5) is 22.5. The van der Waals surface area contributed by atoms with Crippen LogP contribution in [0.1, 0.15) is 12.8 Å². The number of nitrogens with one attached hydrogen (secondary N) is 1. The number of morpholine rings is 1. The van der Waals surface area contributed by atoms with E-state index in [-0.39, 0.29) is 5.02 Å². The van der Waals surface area contributed by atoms with E-state index in [9.17, 15) is 4.39 Å². The highest BCUT2D eigenvalue weighted by molar-refractivity contribution is 6.31. The van der Waals surface area contributed by atoms with Crippen molar-refractivity contribution in [1.29, 1.82) is 0 Å². The van der Waals surface area contributed by atoms with E-state index in [2.05, 4.69) is 30.1 Å². The van der Waals surface area contributed by atoms with Crippen molar-refractivity contribution in [2.24, 2.45) is 0 Å².